The van der Waals surface area contributed by atoms with Crippen molar-refractivity contribution in [2.75, 3.05) is 7.05 Å². The molecular formula is C14H13BrN4S. The first-order chi connectivity index (χ1) is 9.79. The smallest absolute Gasteiger partial charge is 0.105 e. The summed E-state index contributed by atoms with van der Waals surface area (Å²) in [6.07, 6.45) is 1.80. The number of nitrogens with zero attached hydrogens (tertiary/aromatic N) is 3. The van der Waals surface area contributed by atoms with Crippen molar-refractivity contribution >= 4 is 27.3 Å². The molecule has 0 bridgehead atoms. The van der Waals surface area contributed by atoms with Crippen molar-refractivity contribution in [1.82, 2.24) is 20.3 Å². The topological polar surface area (TPSA) is 42.7 Å². The molecule has 1 aromatic carbocycles. The first kappa shape index (κ1) is 13.5. The Kier molecular flexibility index (Phi) is 3.95. The lowest BCUT2D eigenvalue weighted by Crippen LogP contribution is -2.18. The number of para-hydroxylation sites is 1. The van der Waals surface area contributed by atoms with Gasteiger partial charge in [-0.05, 0) is 40.5 Å². The fraction of sp³-hybridized carbons (Fsp3) is 0.143. The number of hydrogen-bond acceptors (Lipinski definition) is 4. The van der Waals surface area contributed by atoms with Crippen LogP contribution in [0.3, 0.4) is 0 Å². The lowest BCUT2D eigenvalue weighted by Gasteiger charge is -2.12. The van der Waals surface area contributed by atoms with E-state index in [2.05, 4.69) is 42.2 Å². The van der Waals surface area contributed by atoms with Crippen molar-refractivity contribution in [3.63, 3.8) is 0 Å². The number of aromatic nitrogens is 3. The predicted molar refractivity (Wildman–Crippen MR) is 84.3 cm³/mol. The third kappa shape index (κ3) is 2.54. The van der Waals surface area contributed by atoms with E-state index in [9.17, 15) is 0 Å². The zero-order chi connectivity index (χ0) is 13.9. The second kappa shape index (κ2) is 5.87. The summed E-state index contributed by atoms with van der Waals surface area (Å²) >= 11 is 5.24. The second-order valence-corrected chi connectivity index (χ2v) is 5.89. The standard InChI is InChI=1S/C14H13BrN4S/c1-16-14(11-8-20-9-12(11)15)13-7-17-19(18-13)10-5-3-2-4-6-10/h2-9,14,16H,1H3. The maximum atomic E-state index is 4.58. The van der Waals surface area contributed by atoms with E-state index in [0.29, 0.717) is 0 Å². The Hall–Kier alpha value is -1.50. The first-order valence-corrected chi connectivity index (χ1v) is 7.89. The highest BCUT2D eigenvalue weighted by Crippen LogP contribution is 2.30. The van der Waals surface area contributed by atoms with Crippen LogP contribution in [0.1, 0.15) is 17.3 Å². The van der Waals surface area contributed by atoms with Crippen LogP contribution in [0.2, 0.25) is 0 Å². The van der Waals surface area contributed by atoms with Gasteiger partial charge in [-0.25, -0.2) is 0 Å². The summed E-state index contributed by atoms with van der Waals surface area (Å²) in [5, 5.41) is 16.4. The van der Waals surface area contributed by atoms with Gasteiger partial charge in [-0.15, -0.1) is 0 Å². The van der Waals surface area contributed by atoms with Gasteiger partial charge in [0.15, 0.2) is 0 Å². The summed E-state index contributed by atoms with van der Waals surface area (Å²) in [6, 6.07) is 9.93. The van der Waals surface area contributed by atoms with Gasteiger partial charge in [-0.1, -0.05) is 18.2 Å². The second-order valence-electron chi connectivity index (χ2n) is 4.29. The molecule has 6 heteroatoms. The van der Waals surface area contributed by atoms with Crippen molar-refractivity contribution in [2.24, 2.45) is 0 Å². The van der Waals surface area contributed by atoms with Crippen LogP contribution in [0.4, 0.5) is 0 Å². The molecule has 0 amide bonds. The summed E-state index contributed by atoms with van der Waals surface area (Å²) < 4.78 is 1.09. The molecule has 1 unspecified atom stereocenters. The van der Waals surface area contributed by atoms with Crippen LogP contribution in [-0.4, -0.2) is 22.0 Å². The average molecular weight is 349 g/mol. The molecule has 2 aromatic heterocycles. The molecule has 0 fully saturated rings. The minimum absolute atomic E-state index is 0.0353. The summed E-state index contributed by atoms with van der Waals surface area (Å²) in [6.45, 7) is 0. The average Bonchev–Trinajstić information content (AvgIpc) is 3.12. The highest BCUT2D eigenvalue weighted by atomic mass is 79.9. The van der Waals surface area contributed by atoms with E-state index >= 15 is 0 Å². The first-order valence-electron chi connectivity index (χ1n) is 6.16. The lowest BCUT2D eigenvalue weighted by atomic mass is 10.1. The Bertz CT molecular complexity index is 692. The molecule has 3 aromatic rings. The monoisotopic (exact) mass is 348 g/mol. The third-order valence-corrected chi connectivity index (χ3v) is 4.79. The summed E-state index contributed by atoms with van der Waals surface area (Å²) in [4.78, 5) is 1.65. The molecular weight excluding hydrogens is 336 g/mol. The molecule has 2 heterocycles. The highest BCUT2D eigenvalue weighted by molar-refractivity contribution is 9.10. The number of halogens is 1. The largest absolute Gasteiger partial charge is 0.308 e. The molecule has 0 saturated heterocycles. The van der Waals surface area contributed by atoms with Crippen LogP contribution < -0.4 is 5.32 Å². The Morgan fingerprint density at radius 1 is 1.25 bits per heavy atom. The van der Waals surface area contributed by atoms with Crippen LogP contribution in [0.5, 0.6) is 0 Å². The molecule has 4 nitrogen and oxygen atoms in total. The SMILES string of the molecule is CNC(c1cnn(-c2ccccc2)n1)c1cscc1Br. The van der Waals surface area contributed by atoms with Crippen LogP contribution in [0, 0.1) is 0 Å². The Morgan fingerprint density at radius 2 is 2.05 bits per heavy atom. The Balaban J connectivity index is 1.95. The van der Waals surface area contributed by atoms with Crippen molar-refractivity contribution < 1.29 is 0 Å². The molecule has 0 aliphatic heterocycles. The molecule has 0 radical (unpaired) electrons. The van der Waals surface area contributed by atoms with Gasteiger partial charge in [0.1, 0.15) is 5.69 Å². The van der Waals surface area contributed by atoms with Gasteiger partial charge in [-0.2, -0.15) is 26.3 Å². The normalized spacial score (nSPS) is 12.5. The summed E-state index contributed by atoms with van der Waals surface area (Å²) in [5.41, 5.74) is 3.03. The number of nitrogens with one attached hydrogen (secondary N) is 1. The molecule has 0 spiro atoms. The summed E-state index contributed by atoms with van der Waals surface area (Å²) in [7, 11) is 1.93. The number of benzene rings is 1. The van der Waals surface area contributed by atoms with E-state index in [1.807, 2.05) is 37.4 Å². The zero-order valence-corrected chi connectivity index (χ0v) is 13.2. The Morgan fingerprint density at radius 3 is 2.70 bits per heavy atom. The molecule has 0 saturated carbocycles. The quantitative estimate of drug-likeness (QED) is 0.785. The molecule has 1 atom stereocenters. The van der Waals surface area contributed by atoms with E-state index < -0.39 is 0 Å². The van der Waals surface area contributed by atoms with Crippen LogP contribution in [0.25, 0.3) is 5.69 Å². The molecule has 0 aliphatic rings. The summed E-state index contributed by atoms with van der Waals surface area (Å²) in [5.74, 6) is 0. The van der Waals surface area contributed by atoms with Gasteiger partial charge in [0.2, 0.25) is 0 Å². The number of rotatable bonds is 4. The van der Waals surface area contributed by atoms with Gasteiger partial charge in [0.05, 0.1) is 17.9 Å². The number of thiophene rings is 1. The van der Waals surface area contributed by atoms with E-state index in [1.165, 1.54) is 5.56 Å². The lowest BCUT2D eigenvalue weighted by molar-refractivity contribution is 0.649. The minimum Gasteiger partial charge on any atom is -0.308 e. The third-order valence-electron chi connectivity index (χ3n) is 3.03. The highest BCUT2D eigenvalue weighted by Gasteiger charge is 2.19. The fourth-order valence-corrected chi connectivity index (χ4v) is 3.60. The molecule has 20 heavy (non-hydrogen) atoms. The molecule has 3 rings (SSSR count). The van der Waals surface area contributed by atoms with Gasteiger partial charge < -0.3 is 5.32 Å². The van der Waals surface area contributed by atoms with Crippen LogP contribution in [0.15, 0.2) is 51.8 Å². The van der Waals surface area contributed by atoms with E-state index in [4.69, 9.17) is 0 Å². The van der Waals surface area contributed by atoms with E-state index in [1.54, 1.807) is 22.3 Å². The van der Waals surface area contributed by atoms with Crippen LogP contribution >= 0.6 is 27.3 Å². The minimum atomic E-state index is 0.0353. The van der Waals surface area contributed by atoms with Gasteiger partial charge in [0, 0.05) is 15.4 Å². The maximum Gasteiger partial charge on any atom is 0.105 e. The van der Waals surface area contributed by atoms with Crippen LogP contribution in [-0.2, 0) is 0 Å². The predicted octanol–water partition coefficient (Wildman–Crippen LogP) is 3.40. The molecule has 0 aliphatic carbocycles. The maximum absolute atomic E-state index is 4.58. The van der Waals surface area contributed by atoms with Crippen molar-refractivity contribution in [2.45, 2.75) is 6.04 Å². The molecule has 1 N–H and O–H groups in total. The van der Waals surface area contributed by atoms with Crippen molar-refractivity contribution in [1.29, 1.82) is 0 Å². The van der Waals surface area contributed by atoms with Crippen molar-refractivity contribution in [3.8, 4) is 5.69 Å². The molecule has 102 valence electrons. The Labute approximate surface area is 129 Å². The number of hydrogen-bond donors (Lipinski definition) is 1. The van der Waals surface area contributed by atoms with Gasteiger partial charge in [0.25, 0.3) is 0 Å². The van der Waals surface area contributed by atoms with E-state index in [0.717, 1.165) is 15.9 Å². The van der Waals surface area contributed by atoms with E-state index in [-0.39, 0.29) is 6.04 Å². The van der Waals surface area contributed by atoms with Gasteiger partial charge >= 0.3 is 0 Å². The fourth-order valence-electron chi connectivity index (χ4n) is 2.05. The zero-order valence-electron chi connectivity index (χ0n) is 10.8. The van der Waals surface area contributed by atoms with Gasteiger partial charge in [-0.3, -0.25) is 0 Å². The van der Waals surface area contributed by atoms with Crippen molar-refractivity contribution in [3.05, 3.63) is 63.0 Å².